The first-order valence-electron chi connectivity index (χ1n) is 9.87. The number of para-hydroxylation sites is 1. The van der Waals surface area contributed by atoms with E-state index < -0.39 is 0 Å². The fourth-order valence-corrected chi connectivity index (χ4v) is 4.84. The van der Waals surface area contributed by atoms with E-state index in [2.05, 4.69) is 61.6 Å². The van der Waals surface area contributed by atoms with Crippen LogP contribution in [0.3, 0.4) is 0 Å². The summed E-state index contributed by atoms with van der Waals surface area (Å²) < 4.78 is 5.81. The van der Waals surface area contributed by atoms with E-state index in [1.165, 1.54) is 16.7 Å². The summed E-state index contributed by atoms with van der Waals surface area (Å²) in [5.41, 5.74) is 6.94. The third-order valence-electron chi connectivity index (χ3n) is 6.12. The summed E-state index contributed by atoms with van der Waals surface area (Å²) in [7, 11) is 0. The van der Waals surface area contributed by atoms with Gasteiger partial charge in [0.15, 0.2) is 5.78 Å². The fraction of sp³-hybridized carbons (Fsp3) is 0.375. The van der Waals surface area contributed by atoms with Gasteiger partial charge in [0.05, 0.1) is 6.61 Å². The average Bonchev–Trinajstić information content (AvgIpc) is 3.01. The summed E-state index contributed by atoms with van der Waals surface area (Å²) in [4.78, 5) is 13.2. The van der Waals surface area contributed by atoms with Crippen molar-refractivity contribution in [2.45, 2.75) is 45.4 Å². The third-order valence-corrected chi connectivity index (χ3v) is 6.12. The highest BCUT2D eigenvalue weighted by molar-refractivity contribution is 6.00. The Bertz CT molecular complexity index is 970. The molecule has 2 heterocycles. The van der Waals surface area contributed by atoms with Crippen LogP contribution in [0, 0.1) is 5.41 Å². The number of benzene rings is 2. The molecule has 0 fully saturated rings. The number of ketones is 1. The minimum atomic E-state index is -0.00615. The molecule has 3 aliphatic rings. The van der Waals surface area contributed by atoms with Gasteiger partial charge in [-0.1, -0.05) is 44.2 Å². The van der Waals surface area contributed by atoms with Crippen LogP contribution in [0.15, 0.2) is 53.7 Å². The fourth-order valence-electron chi connectivity index (χ4n) is 4.84. The zero-order chi connectivity index (χ0) is 18.6. The Morgan fingerprint density at radius 2 is 1.93 bits per heavy atom. The predicted octanol–water partition coefficient (Wildman–Crippen LogP) is 5.02. The molecule has 0 bridgehead atoms. The number of ether oxygens (including phenoxy) is 1. The largest absolute Gasteiger partial charge is 0.493 e. The Labute approximate surface area is 160 Å². The highest BCUT2D eigenvalue weighted by Gasteiger charge is 2.38. The molecule has 3 heteroatoms. The van der Waals surface area contributed by atoms with Gasteiger partial charge in [-0.2, -0.15) is 0 Å². The zero-order valence-corrected chi connectivity index (χ0v) is 16.0. The van der Waals surface area contributed by atoms with Gasteiger partial charge in [0, 0.05) is 35.7 Å². The Morgan fingerprint density at radius 3 is 2.81 bits per heavy atom. The number of carbonyl (C=O) groups excluding carboxylic acids is 1. The van der Waals surface area contributed by atoms with E-state index >= 15 is 0 Å². The molecule has 0 amide bonds. The molecule has 0 aromatic heterocycles. The first-order chi connectivity index (χ1) is 13.0. The summed E-state index contributed by atoms with van der Waals surface area (Å²) >= 11 is 0. The molecule has 0 spiro atoms. The summed E-state index contributed by atoms with van der Waals surface area (Å²) in [6.07, 6.45) is 3.33. The maximum Gasteiger partial charge on any atom is 0.161 e. The molecule has 27 heavy (non-hydrogen) atoms. The number of hydrogen-bond donors (Lipinski definition) is 1. The molecule has 5 rings (SSSR count). The molecule has 0 saturated carbocycles. The molecule has 0 radical (unpaired) electrons. The minimum Gasteiger partial charge on any atom is -0.493 e. The van der Waals surface area contributed by atoms with Crippen molar-refractivity contribution in [3.63, 3.8) is 0 Å². The van der Waals surface area contributed by atoms with Crippen molar-refractivity contribution in [1.82, 2.24) is 0 Å². The van der Waals surface area contributed by atoms with E-state index in [4.69, 9.17) is 4.74 Å². The quantitative estimate of drug-likeness (QED) is 0.777. The number of rotatable bonds is 1. The Hall–Kier alpha value is -2.55. The molecule has 1 N–H and O–H groups in total. The molecular formula is C24H25NO2. The van der Waals surface area contributed by atoms with E-state index in [1.807, 2.05) is 0 Å². The van der Waals surface area contributed by atoms with Gasteiger partial charge in [0.1, 0.15) is 5.75 Å². The maximum atomic E-state index is 13.2. The van der Waals surface area contributed by atoms with Crippen LogP contribution in [0.5, 0.6) is 5.75 Å². The lowest BCUT2D eigenvalue weighted by Crippen LogP contribution is -2.30. The molecular weight excluding hydrogens is 334 g/mol. The summed E-state index contributed by atoms with van der Waals surface area (Å²) in [6.45, 7) is 5.13. The molecule has 1 atom stereocenters. The van der Waals surface area contributed by atoms with Crippen molar-refractivity contribution in [3.05, 3.63) is 70.4 Å². The van der Waals surface area contributed by atoms with Crippen LogP contribution in [0.25, 0.3) is 0 Å². The molecule has 0 saturated heterocycles. The Balaban J connectivity index is 1.67. The predicted molar refractivity (Wildman–Crippen MR) is 107 cm³/mol. The smallest absolute Gasteiger partial charge is 0.161 e. The van der Waals surface area contributed by atoms with Crippen LogP contribution in [-0.2, 0) is 17.6 Å². The number of hydrogen-bond acceptors (Lipinski definition) is 3. The normalized spacial score (nSPS) is 22.9. The number of allylic oxidation sites excluding steroid dienone is 2. The number of carbonyl (C=O) groups is 1. The van der Waals surface area contributed by atoms with Gasteiger partial charge < -0.3 is 10.1 Å². The average molecular weight is 359 g/mol. The van der Waals surface area contributed by atoms with Crippen LogP contribution >= 0.6 is 0 Å². The van der Waals surface area contributed by atoms with Gasteiger partial charge in [0.25, 0.3) is 0 Å². The van der Waals surface area contributed by atoms with E-state index in [0.717, 1.165) is 48.6 Å². The van der Waals surface area contributed by atoms with Gasteiger partial charge in [-0.25, -0.2) is 0 Å². The van der Waals surface area contributed by atoms with Crippen molar-refractivity contribution >= 4 is 11.5 Å². The lowest BCUT2D eigenvalue weighted by Gasteiger charge is -2.34. The van der Waals surface area contributed by atoms with Gasteiger partial charge in [-0.3, -0.25) is 4.79 Å². The standard InChI is InChI=1S/C24H25NO2/c1-24(2)13-20-23(21(26)14-24)18(11-17-5-3-4-6-19(17)25-20)16-8-7-15-9-10-27-22(15)12-16/h3-8,12,18,25H,9-11,13-14H2,1-2H3. The molecule has 138 valence electrons. The first-order valence-corrected chi connectivity index (χ1v) is 9.87. The van der Waals surface area contributed by atoms with Crippen molar-refractivity contribution in [1.29, 1.82) is 0 Å². The lowest BCUT2D eigenvalue weighted by molar-refractivity contribution is -0.118. The maximum absolute atomic E-state index is 13.2. The van der Waals surface area contributed by atoms with Gasteiger partial charge in [-0.15, -0.1) is 0 Å². The summed E-state index contributed by atoms with van der Waals surface area (Å²) in [5.74, 6) is 1.35. The summed E-state index contributed by atoms with van der Waals surface area (Å²) in [5, 5.41) is 3.63. The van der Waals surface area contributed by atoms with Crippen LogP contribution in [0.1, 0.15) is 49.3 Å². The molecule has 1 unspecified atom stereocenters. The van der Waals surface area contributed by atoms with Gasteiger partial charge in [-0.05, 0) is 47.1 Å². The van der Waals surface area contributed by atoms with E-state index in [9.17, 15) is 4.79 Å². The molecule has 2 aromatic rings. The second-order valence-corrected chi connectivity index (χ2v) is 8.84. The monoisotopic (exact) mass is 359 g/mol. The van der Waals surface area contributed by atoms with Crippen LogP contribution in [-0.4, -0.2) is 12.4 Å². The van der Waals surface area contributed by atoms with E-state index in [-0.39, 0.29) is 17.1 Å². The topological polar surface area (TPSA) is 38.3 Å². The Kier molecular flexibility index (Phi) is 3.68. The van der Waals surface area contributed by atoms with Crippen LogP contribution < -0.4 is 10.1 Å². The van der Waals surface area contributed by atoms with Crippen LogP contribution in [0.2, 0.25) is 0 Å². The van der Waals surface area contributed by atoms with E-state index in [0.29, 0.717) is 6.42 Å². The van der Waals surface area contributed by atoms with Crippen molar-refractivity contribution in [2.24, 2.45) is 5.41 Å². The highest BCUT2D eigenvalue weighted by atomic mass is 16.5. The van der Waals surface area contributed by atoms with Gasteiger partial charge >= 0.3 is 0 Å². The number of anilines is 1. The number of Topliss-reactive ketones (excluding diaryl/α,β-unsaturated/α-hetero) is 1. The number of fused-ring (bicyclic) bond motifs is 2. The zero-order valence-electron chi connectivity index (χ0n) is 16.0. The third kappa shape index (κ3) is 2.86. The Morgan fingerprint density at radius 1 is 1.07 bits per heavy atom. The molecule has 2 aliphatic heterocycles. The summed E-state index contributed by atoms with van der Waals surface area (Å²) in [6, 6.07) is 15.0. The number of nitrogens with one attached hydrogen (secondary N) is 1. The second kappa shape index (κ2) is 5.98. The lowest BCUT2D eigenvalue weighted by atomic mass is 9.71. The highest BCUT2D eigenvalue weighted by Crippen LogP contribution is 2.46. The van der Waals surface area contributed by atoms with Crippen molar-refractivity contribution < 1.29 is 9.53 Å². The van der Waals surface area contributed by atoms with Crippen molar-refractivity contribution in [3.8, 4) is 5.75 Å². The van der Waals surface area contributed by atoms with Crippen LogP contribution in [0.4, 0.5) is 5.69 Å². The van der Waals surface area contributed by atoms with Crippen molar-refractivity contribution in [2.75, 3.05) is 11.9 Å². The van der Waals surface area contributed by atoms with E-state index in [1.54, 1.807) is 0 Å². The van der Waals surface area contributed by atoms with Gasteiger partial charge in [0.2, 0.25) is 0 Å². The second-order valence-electron chi connectivity index (χ2n) is 8.84. The minimum absolute atomic E-state index is 0.00615. The molecule has 1 aliphatic carbocycles. The molecule has 3 nitrogen and oxygen atoms in total. The first kappa shape index (κ1) is 16.6. The molecule has 2 aromatic carbocycles. The SMILES string of the molecule is CC1(C)CC(=O)C2=C(C1)Nc1ccccc1CC2c1ccc2c(c1)OCC2.